The minimum Gasteiger partial charge on any atom is -0.437 e. The van der Waals surface area contributed by atoms with Gasteiger partial charge >= 0.3 is 0 Å². The van der Waals surface area contributed by atoms with Gasteiger partial charge in [0, 0.05) is 44.0 Å². The number of nitrogens with zero attached hydrogens (tertiary/aromatic N) is 5. The van der Waals surface area contributed by atoms with Crippen molar-refractivity contribution in [1.29, 1.82) is 0 Å². The Bertz CT molecular complexity index is 1400. The fourth-order valence-corrected chi connectivity index (χ4v) is 4.90. The first kappa shape index (κ1) is 24.7. The van der Waals surface area contributed by atoms with E-state index in [4.69, 9.17) is 4.74 Å². The Morgan fingerprint density at radius 2 is 1.95 bits per heavy atom. The van der Waals surface area contributed by atoms with Gasteiger partial charge in [0.15, 0.2) is 0 Å². The molecule has 0 atom stereocenters. The number of aromatic nitrogens is 3. The lowest BCUT2D eigenvalue weighted by Crippen LogP contribution is -2.49. The fraction of sp³-hybridized carbons (Fsp3) is 0.259. The SMILES string of the molecule is C=CC(=O)Nc1cccc(Oc2nc(Nc3ccc(N4CCN(C(C)C)CC4)nc3)nc3ccsc23)c1. The Hall–Kier alpha value is -4.02. The molecular formula is C27H29N7O2S. The first-order chi connectivity index (χ1) is 18.0. The van der Waals surface area contributed by atoms with Gasteiger partial charge < -0.3 is 20.3 Å². The van der Waals surface area contributed by atoms with Gasteiger partial charge in [0.2, 0.25) is 17.7 Å². The van der Waals surface area contributed by atoms with E-state index in [1.54, 1.807) is 24.4 Å². The van der Waals surface area contributed by atoms with Gasteiger partial charge in [-0.05, 0) is 55.6 Å². The average molecular weight is 516 g/mol. The molecule has 1 fully saturated rings. The molecule has 4 heterocycles. The topological polar surface area (TPSA) is 95.5 Å². The van der Waals surface area contributed by atoms with E-state index in [1.165, 1.54) is 17.4 Å². The number of anilines is 4. The van der Waals surface area contributed by atoms with Gasteiger partial charge in [-0.1, -0.05) is 12.6 Å². The fourth-order valence-electron chi connectivity index (χ4n) is 4.15. The van der Waals surface area contributed by atoms with E-state index in [9.17, 15) is 4.79 Å². The van der Waals surface area contributed by atoms with Crippen LogP contribution in [0.25, 0.3) is 10.2 Å². The number of thiophene rings is 1. The van der Waals surface area contributed by atoms with E-state index in [1.807, 2.05) is 29.6 Å². The van der Waals surface area contributed by atoms with Crippen molar-refractivity contribution in [3.63, 3.8) is 0 Å². The van der Waals surface area contributed by atoms with Crippen LogP contribution in [0.2, 0.25) is 0 Å². The highest BCUT2D eigenvalue weighted by molar-refractivity contribution is 7.17. The molecule has 0 radical (unpaired) electrons. The number of nitrogens with one attached hydrogen (secondary N) is 2. The van der Waals surface area contributed by atoms with Crippen LogP contribution in [0.15, 0.2) is 66.7 Å². The number of amides is 1. The van der Waals surface area contributed by atoms with Crippen LogP contribution in [-0.2, 0) is 4.79 Å². The third kappa shape index (κ3) is 5.87. The van der Waals surface area contributed by atoms with Crippen molar-refractivity contribution < 1.29 is 9.53 Å². The summed E-state index contributed by atoms with van der Waals surface area (Å²) in [4.78, 5) is 30.4. The maximum Gasteiger partial charge on any atom is 0.247 e. The molecule has 0 saturated carbocycles. The summed E-state index contributed by atoms with van der Waals surface area (Å²) in [6.07, 6.45) is 3.02. The van der Waals surface area contributed by atoms with Crippen molar-refractivity contribution >= 4 is 50.6 Å². The van der Waals surface area contributed by atoms with E-state index >= 15 is 0 Å². The summed E-state index contributed by atoms with van der Waals surface area (Å²) >= 11 is 1.50. The lowest BCUT2D eigenvalue weighted by Gasteiger charge is -2.37. The zero-order valence-corrected chi connectivity index (χ0v) is 21.7. The normalized spacial score (nSPS) is 14.1. The number of carbonyl (C=O) groups excluding carboxylic acids is 1. The summed E-state index contributed by atoms with van der Waals surface area (Å²) in [5, 5.41) is 7.94. The third-order valence-corrected chi connectivity index (χ3v) is 7.04. The molecule has 4 aromatic rings. The monoisotopic (exact) mass is 515 g/mol. The molecule has 5 rings (SSSR count). The lowest BCUT2D eigenvalue weighted by molar-refractivity contribution is -0.111. The van der Waals surface area contributed by atoms with Crippen LogP contribution in [0.5, 0.6) is 11.6 Å². The number of benzene rings is 1. The highest BCUT2D eigenvalue weighted by Gasteiger charge is 2.20. The van der Waals surface area contributed by atoms with Gasteiger partial charge in [-0.15, -0.1) is 11.3 Å². The number of hydrogen-bond acceptors (Lipinski definition) is 9. The molecule has 1 aliphatic rings. The number of piperazine rings is 1. The molecule has 1 aromatic carbocycles. The summed E-state index contributed by atoms with van der Waals surface area (Å²) < 4.78 is 6.96. The third-order valence-electron chi connectivity index (χ3n) is 6.15. The second-order valence-corrected chi connectivity index (χ2v) is 9.87. The number of rotatable bonds is 8. The lowest BCUT2D eigenvalue weighted by atomic mass is 10.2. The van der Waals surface area contributed by atoms with Crippen LogP contribution in [0.1, 0.15) is 13.8 Å². The molecule has 1 amide bonds. The van der Waals surface area contributed by atoms with Crippen LogP contribution in [0.3, 0.4) is 0 Å². The maximum absolute atomic E-state index is 11.7. The second-order valence-electron chi connectivity index (χ2n) is 8.96. The Morgan fingerprint density at radius 1 is 1.11 bits per heavy atom. The van der Waals surface area contributed by atoms with Crippen molar-refractivity contribution in [2.75, 3.05) is 41.7 Å². The molecule has 0 aliphatic carbocycles. The van der Waals surface area contributed by atoms with Crippen LogP contribution in [0.4, 0.5) is 23.1 Å². The summed E-state index contributed by atoms with van der Waals surface area (Å²) in [5.74, 6) is 2.07. The molecule has 0 unspecified atom stereocenters. The van der Waals surface area contributed by atoms with E-state index in [2.05, 4.69) is 55.8 Å². The zero-order chi connectivity index (χ0) is 25.8. The maximum atomic E-state index is 11.7. The Balaban J connectivity index is 1.31. The molecule has 0 spiro atoms. The summed E-state index contributed by atoms with van der Waals surface area (Å²) in [6.45, 7) is 12.0. The number of pyridine rings is 1. The van der Waals surface area contributed by atoms with Crippen molar-refractivity contribution in [3.8, 4) is 11.6 Å². The number of ether oxygens (including phenoxy) is 1. The molecule has 1 aliphatic heterocycles. The van der Waals surface area contributed by atoms with Gasteiger partial charge in [0.25, 0.3) is 0 Å². The smallest absolute Gasteiger partial charge is 0.247 e. The van der Waals surface area contributed by atoms with Crippen molar-refractivity contribution in [2.24, 2.45) is 0 Å². The van der Waals surface area contributed by atoms with Gasteiger partial charge in [-0.3, -0.25) is 9.69 Å². The standard InChI is InChI=1S/C27H29N7O2S/c1-4-24(35)29-19-6-5-7-21(16-19)36-26-25-22(10-15-37-25)31-27(32-26)30-20-8-9-23(28-17-20)34-13-11-33(12-14-34)18(2)3/h4-10,15-18H,1,11-14H2,2-3H3,(H,29,35)(H,30,31,32). The average Bonchev–Trinajstić information content (AvgIpc) is 3.38. The molecule has 10 heteroatoms. The highest BCUT2D eigenvalue weighted by atomic mass is 32.1. The van der Waals surface area contributed by atoms with Gasteiger partial charge in [0.1, 0.15) is 16.3 Å². The molecule has 190 valence electrons. The predicted octanol–water partition coefficient (Wildman–Crippen LogP) is 5.28. The molecule has 1 saturated heterocycles. The number of fused-ring (bicyclic) bond motifs is 1. The Labute approximate surface area is 219 Å². The van der Waals surface area contributed by atoms with Crippen LogP contribution in [-0.4, -0.2) is 58.0 Å². The van der Waals surface area contributed by atoms with Crippen molar-refractivity contribution in [3.05, 3.63) is 66.7 Å². The van der Waals surface area contributed by atoms with Gasteiger partial charge in [0.05, 0.1) is 17.4 Å². The summed E-state index contributed by atoms with van der Waals surface area (Å²) in [5.41, 5.74) is 2.18. The first-order valence-electron chi connectivity index (χ1n) is 12.2. The van der Waals surface area contributed by atoms with Crippen LogP contribution >= 0.6 is 11.3 Å². The first-order valence-corrected chi connectivity index (χ1v) is 13.0. The molecule has 37 heavy (non-hydrogen) atoms. The Kier molecular flexibility index (Phi) is 7.29. The minimum absolute atomic E-state index is 0.288. The minimum atomic E-state index is -0.288. The van der Waals surface area contributed by atoms with Gasteiger partial charge in [-0.2, -0.15) is 4.98 Å². The molecule has 3 aromatic heterocycles. The zero-order valence-electron chi connectivity index (χ0n) is 20.8. The number of hydrogen-bond donors (Lipinski definition) is 2. The largest absolute Gasteiger partial charge is 0.437 e. The Morgan fingerprint density at radius 3 is 2.68 bits per heavy atom. The molecule has 2 N–H and O–H groups in total. The van der Waals surface area contributed by atoms with Crippen LogP contribution < -0.4 is 20.3 Å². The van der Waals surface area contributed by atoms with E-state index < -0.39 is 0 Å². The van der Waals surface area contributed by atoms with Gasteiger partial charge in [-0.25, -0.2) is 9.97 Å². The summed E-state index contributed by atoms with van der Waals surface area (Å²) in [7, 11) is 0. The summed E-state index contributed by atoms with van der Waals surface area (Å²) in [6, 6.07) is 13.6. The van der Waals surface area contributed by atoms with Crippen LogP contribution in [0, 0.1) is 0 Å². The second kappa shape index (κ2) is 10.9. The molecule has 0 bridgehead atoms. The molecule has 9 nitrogen and oxygen atoms in total. The van der Waals surface area contributed by atoms with E-state index in [-0.39, 0.29) is 5.91 Å². The van der Waals surface area contributed by atoms with Crippen molar-refractivity contribution in [1.82, 2.24) is 19.9 Å². The highest BCUT2D eigenvalue weighted by Crippen LogP contribution is 2.33. The quantitative estimate of drug-likeness (QED) is 0.306. The van der Waals surface area contributed by atoms with Crippen molar-refractivity contribution in [2.45, 2.75) is 19.9 Å². The molecular weight excluding hydrogens is 486 g/mol. The number of carbonyl (C=O) groups is 1. The predicted molar refractivity (Wildman–Crippen MR) is 149 cm³/mol. The van der Waals surface area contributed by atoms with E-state index in [0.717, 1.165) is 47.9 Å². The van der Waals surface area contributed by atoms with E-state index in [0.29, 0.717) is 29.3 Å².